The van der Waals surface area contributed by atoms with Crippen LogP contribution in [-0.4, -0.2) is 29.3 Å². The molecule has 3 rings (SSSR count). The van der Waals surface area contributed by atoms with Gasteiger partial charge >= 0.3 is 0 Å². The van der Waals surface area contributed by atoms with Crippen LogP contribution in [0.4, 0.5) is 0 Å². The highest BCUT2D eigenvalue weighted by Crippen LogP contribution is 2.34. The van der Waals surface area contributed by atoms with Crippen molar-refractivity contribution in [2.75, 3.05) is 7.11 Å². The number of ether oxygens (including phenoxy) is 2. The molecule has 1 aromatic carbocycles. The number of hydrogen-bond acceptors (Lipinski definition) is 6. The van der Waals surface area contributed by atoms with Gasteiger partial charge in [-0.1, -0.05) is 43.0 Å². The molecule has 1 fully saturated rings. The Balaban J connectivity index is 1.67. The summed E-state index contributed by atoms with van der Waals surface area (Å²) < 4.78 is 16.2. The molecule has 1 N–H and O–H groups in total. The van der Waals surface area contributed by atoms with Gasteiger partial charge in [-0.3, -0.25) is 4.79 Å². The zero-order chi connectivity index (χ0) is 20.0. The summed E-state index contributed by atoms with van der Waals surface area (Å²) in [5.41, 5.74) is 0.371. The summed E-state index contributed by atoms with van der Waals surface area (Å²) in [6.45, 7) is 3.87. The van der Waals surface area contributed by atoms with Gasteiger partial charge < -0.3 is 19.3 Å². The maximum absolute atomic E-state index is 12.9. The molecule has 2 aromatic rings. The molecule has 1 aromatic heterocycles. The summed E-state index contributed by atoms with van der Waals surface area (Å²) in [5, 5.41) is 7.31. The maximum atomic E-state index is 12.9. The van der Waals surface area contributed by atoms with E-state index in [9.17, 15) is 4.79 Å². The van der Waals surface area contributed by atoms with Crippen LogP contribution in [0.3, 0.4) is 0 Å². The van der Waals surface area contributed by atoms with Crippen LogP contribution >= 0.6 is 0 Å². The lowest BCUT2D eigenvalue weighted by atomic mass is 9.89. The molecule has 1 saturated carbocycles. The highest BCUT2D eigenvalue weighted by molar-refractivity contribution is 5.81. The van der Waals surface area contributed by atoms with Crippen molar-refractivity contribution in [3.8, 4) is 5.75 Å². The lowest BCUT2D eigenvalue weighted by Gasteiger charge is -2.32. The molecule has 1 amide bonds. The fourth-order valence-corrected chi connectivity index (χ4v) is 3.63. The minimum atomic E-state index is -0.598. The first kappa shape index (κ1) is 20.3. The summed E-state index contributed by atoms with van der Waals surface area (Å²) in [4.78, 5) is 17.3. The van der Waals surface area contributed by atoms with Crippen molar-refractivity contribution in [2.24, 2.45) is 0 Å². The quantitative estimate of drug-likeness (QED) is 0.730. The van der Waals surface area contributed by atoms with Crippen molar-refractivity contribution >= 4 is 5.91 Å². The zero-order valence-corrected chi connectivity index (χ0v) is 16.9. The number of nitrogens with one attached hydrogen (secondary N) is 1. The zero-order valence-electron chi connectivity index (χ0n) is 16.9. The van der Waals surface area contributed by atoms with E-state index in [1.807, 2.05) is 24.3 Å². The topological polar surface area (TPSA) is 86.5 Å². The third-order valence-electron chi connectivity index (χ3n) is 5.28. The van der Waals surface area contributed by atoms with Crippen molar-refractivity contribution in [3.63, 3.8) is 0 Å². The van der Waals surface area contributed by atoms with E-state index in [-0.39, 0.29) is 5.91 Å². The first-order valence-electron chi connectivity index (χ1n) is 9.90. The number of nitrogens with zero attached hydrogens (tertiary/aromatic N) is 2. The first-order valence-corrected chi connectivity index (χ1v) is 9.90. The summed E-state index contributed by atoms with van der Waals surface area (Å²) in [7, 11) is 1.63. The van der Waals surface area contributed by atoms with Crippen molar-refractivity contribution in [2.45, 2.75) is 70.6 Å². The Hall–Kier alpha value is -2.41. The van der Waals surface area contributed by atoms with E-state index < -0.39 is 11.6 Å². The summed E-state index contributed by atoms with van der Waals surface area (Å²) in [6, 6.07) is 7.63. The lowest BCUT2D eigenvalue weighted by Crippen LogP contribution is -2.50. The van der Waals surface area contributed by atoms with Crippen molar-refractivity contribution in [1.82, 2.24) is 15.5 Å². The average Bonchev–Trinajstić information content (AvgIpc) is 3.01. The first-order chi connectivity index (χ1) is 13.5. The minimum Gasteiger partial charge on any atom is -0.497 e. The van der Waals surface area contributed by atoms with Crippen LogP contribution in [0.25, 0.3) is 0 Å². The number of benzene rings is 1. The molecule has 1 unspecified atom stereocenters. The van der Waals surface area contributed by atoms with E-state index >= 15 is 0 Å². The lowest BCUT2D eigenvalue weighted by molar-refractivity contribution is -0.135. The molecule has 28 heavy (non-hydrogen) atoms. The number of amides is 1. The molecule has 1 aliphatic carbocycles. The van der Waals surface area contributed by atoms with Gasteiger partial charge in [0.25, 0.3) is 0 Å². The number of aryl methyl sites for hydroxylation is 1. The molecule has 0 aliphatic heterocycles. The number of carbonyl (C=O) groups excluding carboxylic acids is 1. The van der Waals surface area contributed by atoms with Crippen LogP contribution in [0, 0.1) is 6.92 Å². The molecule has 152 valence electrons. The maximum Gasteiger partial charge on any atom is 0.249 e. The molecule has 1 atom stereocenters. The monoisotopic (exact) mass is 387 g/mol. The van der Waals surface area contributed by atoms with Crippen LogP contribution in [0.2, 0.25) is 0 Å². The molecular formula is C21H29N3O4. The minimum absolute atomic E-state index is 0.160. The Morgan fingerprint density at radius 2 is 2.04 bits per heavy atom. The molecule has 7 nitrogen and oxygen atoms in total. The number of carbonyl (C=O) groups is 1. The van der Waals surface area contributed by atoms with Crippen molar-refractivity contribution in [3.05, 3.63) is 41.5 Å². The molecule has 1 heterocycles. The van der Waals surface area contributed by atoms with E-state index in [2.05, 4.69) is 15.5 Å². The number of rotatable bonds is 7. The Kier molecular flexibility index (Phi) is 6.67. The van der Waals surface area contributed by atoms with Crippen molar-refractivity contribution < 1.29 is 18.8 Å². The standard InChI is InChI=1S/C21H29N3O4/c1-15(27-14-17-9-8-10-18(13-17)26-3)19(25)23-21(11-6-4-5-7-12-21)20-22-16(2)28-24-20/h8-10,13,15H,4-7,11-12,14H2,1-3H3,(H,23,25). The SMILES string of the molecule is COc1cccc(COC(C)C(=O)NC2(c3noc(C)n3)CCCCCC2)c1. The van der Waals surface area contributed by atoms with Gasteiger partial charge in [0.05, 0.1) is 13.7 Å². The van der Waals surface area contributed by atoms with Crippen LogP contribution in [-0.2, 0) is 21.7 Å². The van der Waals surface area contributed by atoms with Crippen LogP contribution < -0.4 is 10.1 Å². The Morgan fingerprint density at radius 3 is 2.68 bits per heavy atom. The van der Waals surface area contributed by atoms with Crippen LogP contribution in [0.5, 0.6) is 5.75 Å². The molecule has 0 radical (unpaired) electrons. The Morgan fingerprint density at radius 1 is 1.29 bits per heavy atom. The smallest absolute Gasteiger partial charge is 0.249 e. The highest BCUT2D eigenvalue weighted by atomic mass is 16.5. The van der Waals surface area contributed by atoms with Gasteiger partial charge in [0.1, 0.15) is 17.4 Å². The summed E-state index contributed by atoms with van der Waals surface area (Å²) in [5.74, 6) is 1.69. The predicted molar refractivity (Wildman–Crippen MR) is 104 cm³/mol. The molecule has 1 aliphatic rings. The Labute approximate surface area is 165 Å². The van der Waals surface area contributed by atoms with Gasteiger partial charge in [-0.05, 0) is 37.5 Å². The van der Waals surface area contributed by atoms with Gasteiger partial charge in [-0.25, -0.2) is 0 Å². The van der Waals surface area contributed by atoms with Gasteiger partial charge in [0.2, 0.25) is 11.8 Å². The fourth-order valence-electron chi connectivity index (χ4n) is 3.63. The third-order valence-corrected chi connectivity index (χ3v) is 5.28. The summed E-state index contributed by atoms with van der Waals surface area (Å²) in [6.07, 6.45) is 5.35. The predicted octanol–water partition coefficient (Wildman–Crippen LogP) is 3.66. The average molecular weight is 387 g/mol. The second kappa shape index (κ2) is 9.19. The second-order valence-electron chi connectivity index (χ2n) is 7.43. The third kappa shape index (κ3) is 4.90. The highest BCUT2D eigenvalue weighted by Gasteiger charge is 2.39. The van der Waals surface area contributed by atoms with E-state index in [1.165, 1.54) is 0 Å². The molecule has 0 bridgehead atoms. The molecule has 0 spiro atoms. The van der Waals surface area contributed by atoms with Crippen LogP contribution in [0.15, 0.2) is 28.8 Å². The van der Waals surface area contributed by atoms with E-state index in [4.69, 9.17) is 14.0 Å². The molecule has 7 heteroatoms. The number of hydrogen-bond donors (Lipinski definition) is 1. The van der Waals surface area contributed by atoms with Gasteiger partial charge in [-0.15, -0.1) is 0 Å². The summed E-state index contributed by atoms with van der Waals surface area (Å²) >= 11 is 0. The number of aromatic nitrogens is 2. The van der Waals surface area contributed by atoms with E-state index in [1.54, 1.807) is 21.0 Å². The van der Waals surface area contributed by atoms with Gasteiger partial charge in [0.15, 0.2) is 5.82 Å². The normalized spacial score (nSPS) is 17.5. The number of methoxy groups -OCH3 is 1. The molecule has 0 saturated heterocycles. The van der Waals surface area contributed by atoms with Gasteiger partial charge in [0, 0.05) is 6.92 Å². The second-order valence-corrected chi connectivity index (χ2v) is 7.43. The van der Waals surface area contributed by atoms with Crippen LogP contribution in [0.1, 0.15) is 62.7 Å². The largest absolute Gasteiger partial charge is 0.497 e. The van der Waals surface area contributed by atoms with E-state index in [0.717, 1.165) is 49.8 Å². The van der Waals surface area contributed by atoms with E-state index in [0.29, 0.717) is 18.3 Å². The molecular weight excluding hydrogens is 358 g/mol. The van der Waals surface area contributed by atoms with Crippen molar-refractivity contribution in [1.29, 1.82) is 0 Å². The van der Waals surface area contributed by atoms with Gasteiger partial charge in [-0.2, -0.15) is 4.98 Å². The Bertz CT molecular complexity index is 781. The fraction of sp³-hybridized carbons (Fsp3) is 0.571.